The van der Waals surface area contributed by atoms with Gasteiger partial charge in [-0.1, -0.05) is 26.3 Å². The highest BCUT2D eigenvalue weighted by Gasteiger charge is 2.44. The van der Waals surface area contributed by atoms with Crippen LogP contribution in [0.2, 0.25) is 0 Å². The van der Waals surface area contributed by atoms with Crippen LogP contribution in [0.15, 0.2) is 28.2 Å². The first-order chi connectivity index (χ1) is 14.4. The highest BCUT2D eigenvalue weighted by molar-refractivity contribution is 6.06. The second-order valence-corrected chi connectivity index (χ2v) is 10.5. The minimum atomic E-state index is -0.566. The Labute approximate surface area is 184 Å². The molecule has 1 spiro atoms. The number of nitrogens with two attached hydrogens (primary N) is 2. The summed E-state index contributed by atoms with van der Waals surface area (Å²) in [5.41, 5.74) is 13.9. The van der Waals surface area contributed by atoms with Crippen molar-refractivity contribution in [2.75, 3.05) is 16.3 Å². The predicted molar refractivity (Wildman–Crippen MR) is 125 cm³/mol. The molecule has 0 unspecified atom stereocenters. The van der Waals surface area contributed by atoms with Crippen LogP contribution >= 0.6 is 0 Å². The summed E-state index contributed by atoms with van der Waals surface area (Å²) in [5, 5.41) is 0. The van der Waals surface area contributed by atoms with Crippen molar-refractivity contribution >= 4 is 29.4 Å². The lowest BCUT2D eigenvalue weighted by Crippen LogP contribution is -2.58. The largest absolute Gasteiger partial charge is 0.443 e. The lowest BCUT2D eigenvalue weighted by molar-refractivity contribution is 0.0579. The Hall–Kier alpha value is -2.77. The average Bonchev–Trinajstić information content (AvgIpc) is 2.91. The molecule has 0 aromatic heterocycles. The molecule has 1 fully saturated rings. The van der Waals surface area contributed by atoms with Gasteiger partial charge in [0, 0.05) is 17.6 Å². The maximum absolute atomic E-state index is 13.0. The second-order valence-electron chi connectivity index (χ2n) is 10.5. The van der Waals surface area contributed by atoms with Crippen molar-refractivity contribution in [1.29, 1.82) is 0 Å². The number of fused-ring (bicyclic) bond motifs is 1. The third-order valence-electron chi connectivity index (χ3n) is 6.28. The summed E-state index contributed by atoms with van der Waals surface area (Å²) in [6.45, 7) is 10.5. The first-order valence-corrected chi connectivity index (χ1v) is 11.1. The van der Waals surface area contributed by atoms with Crippen molar-refractivity contribution in [1.82, 2.24) is 0 Å². The van der Waals surface area contributed by atoms with Crippen LogP contribution in [0, 0.1) is 0 Å². The number of aliphatic imine (C=N–C) groups is 2. The van der Waals surface area contributed by atoms with E-state index in [-0.39, 0.29) is 17.5 Å². The molecule has 1 aliphatic carbocycles. The van der Waals surface area contributed by atoms with E-state index in [1.165, 1.54) is 6.42 Å². The van der Waals surface area contributed by atoms with Gasteiger partial charge in [-0.3, -0.25) is 9.80 Å². The molecule has 31 heavy (non-hydrogen) atoms. The normalized spacial score (nSPS) is 22.1. The van der Waals surface area contributed by atoms with Crippen molar-refractivity contribution in [2.45, 2.75) is 83.4 Å². The molecule has 1 aromatic carbocycles. The van der Waals surface area contributed by atoms with Crippen molar-refractivity contribution in [3.63, 3.8) is 0 Å². The molecule has 1 amide bonds. The van der Waals surface area contributed by atoms with Crippen LogP contribution in [0.1, 0.15) is 72.3 Å². The summed E-state index contributed by atoms with van der Waals surface area (Å²) >= 11 is 0. The number of anilines is 2. The molecule has 4 N–H and O–H groups in total. The number of guanidine groups is 2. The van der Waals surface area contributed by atoms with Crippen molar-refractivity contribution in [3.05, 3.63) is 23.8 Å². The Morgan fingerprint density at radius 1 is 1.13 bits per heavy atom. The monoisotopic (exact) mass is 426 g/mol. The van der Waals surface area contributed by atoms with E-state index in [2.05, 4.69) is 31.0 Å². The number of rotatable bonds is 1. The van der Waals surface area contributed by atoms with Crippen LogP contribution in [0.3, 0.4) is 0 Å². The van der Waals surface area contributed by atoms with Crippen LogP contribution < -0.4 is 21.3 Å². The predicted octanol–water partition coefficient (Wildman–Crippen LogP) is 3.83. The molecule has 0 radical (unpaired) electrons. The highest BCUT2D eigenvalue weighted by atomic mass is 16.6. The smallest absolute Gasteiger partial charge is 0.414 e. The summed E-state index contributed by atoms with van der Waals surface area (Å²) < 4.78 is 5.69. The average molecular weight is 427 g/mol. The first kappa shape index (κ1) is 21.5. The maximum atomic E-state index is 13.0. The third kappa shape index (κ3) is 3.83. The number of carbonyl (C=O) groups excluding carboxylic acids is 1. The van der Waals surface area contributed by atoms with Gasteiger partial charge in [-0.25, -0.2) is 9.79 Å². The van der Waals surface area contributed by atoms with E-state index in [1.807, 2.05) is 31.7 Å². The SMILES string of the molecule is CC(C)(C)OC(=O)N1CC(C)(C)c2ccc(N3C(N)=NC(N)=NC34CCCCC4)cc21. The zero-order valence-electron chi connectivity index (χ0n) is 19.2. The minimum absolute atomic E-state index is 0.183. The molecular weight excluding hydrogens is 392 g/mol. The van der Waals surface area contributed by atoms with E-state index in [4.69, 9.17) is 21.2 Å². The fourth-order valence-electron chi connectivity index (χ4n) is 5.00. The Kier molecular flexibility index (Phi) is 4.94. The van der Waals surface area contributed by atoms with Crippen LogP contribution in [-0.2, 0) is 10.2 Å². The van der Waals surface area contributed by atoms with Crippen LogP contribution in [0.4, 0.5) is 16.2 Å². The summed E-state index contributed by atoms with van der Waals surface area (Å²) in [5.74, 6) is 0.573. The lowest BCUT2D eigenvalue weighted by Gasteiger charge is -2.45. The van der Waals surface area contributed by atoms with Gasteiger partial charge in [0.05, 0.1) is 5.69 Å². The van der Waals surface area contributed by atoms with E-state index >= 15 is 0 Å². The molecule has 4 rings (SSSR count). The van der Waals surface area contributed by atoms with Gasteiger partial charge < -0.3 is 16.2 Å². The molecule has 2 aliphatic heterocycles. The molecule has 3 aliphatic rings. The van der Waals surface area contributed by atoms with Crippen molar-refractivity contribution in [2.24, 2.45) is 21.5 Å². The number of nitrogens with zero attached hydrogens (tertiary/aromatic N) is 4. The van der Waals surface area contributed by atoms with Gasteiger partial charge in [0.25, 0.3) is 0 Å². The Bertz CT molecular complexity index is 953. The number of hydrogen-bond acceptors (Lipinski definition) is 7. The molecule has 0 bridgehead atoms. The van der Waals surface area contributed by atoms with E-state index in [0.717, 1.165) is 42.6 Å². The van der Waals surface area contributed by atoms with Gasteiger partial charge in [0.1, 0.15) is 11.3 Å². The second kappa shape index (κ2) is 7.14. The van der Waals surface area contributed by atoms with Crippen molar-refractivity contribution < 1.29 is 9.53 Å². The summed E-state index contributed by atoms with van der Waals surface area (Å²) in [6.07, 6.45) is 4.68. The number of ether oxygens (including phenoxy) is 1. The lowest BCUT2D eigenvalue weighted by atomic mass is 9.85. The molecular formula is C23H34N6O2. The fraction of sp³-hybridized carbons (Fsp3) is 0.609. The number of hydrogen-bond donors (Lipinski definition) is 2. The fourth-order valence-corrected chi connectivity index (χ4v) is 5.00. The van der Waals surface area contributed by atoms with Gasteiger partial charge in [0.2, 0.25) is 11.9 Å². The molecule has 1 aromatic rings. The summed E-state index contributed by atoms with van der Waals surface area (Å²) in [7, 11) is 0. The Morgan fingerprint density at radius 2 is 1.81 bits per heavy atom. The van der Waals surface area contributed by atoms with Gasteiger partial charge in [-0.15, -0.1) is 0 Å². The molecule has 1 saturated carbocycles. The van der Waals surface area contributed by atoms with E-state index in [9.17, 15) is 4.79 Å². The van der Waals surface area contributed by atoms with Gasteiger partial charge in [-0.2, -0.15) is 4.99 Å². The van der Waals surface area contributed by atoms with E-state index in [1.54, 1.807) is 4.90 Å². The zero-order chi connectivity index (χ0) is 22.6. The minimum Gasteiger partial charge on any atom is -0.443 e. The molecule has 0 saturated heterocycles. The molecule has 8 heteroatoms. The number of benzene rings is 1. The number of carbonyl (C=O) groups is 1. The number of amides is 1. The molecule has 8 nitrogen and oxygen atoms in total. The van der Waals surface area contributed by atoms with Gasteiger partial charge in [0.15, 0.2) is 0 Å². The van der Waals surface area contributed by atoms with Crippen LogP contribution in [-0.4, -0.2) is 35.8 Å². The summed E-state index contributed by atoms with van der Waals surface area (Å²) in [4.78, 5) is 25.7. The van der Waals surface area contributed by atoms with E-state index < -0.39 is 11.3 Å². The molecule has 2 heterocycles. The first-order valence-electron chi connectivity index (χ1n) is 11.1. The van der Waals surface area contributed by atoms with E-state index in [0.29, 0.717) is 12.5 Å². The highest BCUT2D eigenvalue weighted by Crippen LogP contribution is 2.45. The zero-order valence-corrected chi connectivity index (χ0v) is 19.2. The third-order valence-corrected chi connectivity index (χ3v) is 6.28. The van der Waals surface area contributed by atoms with Gasteiger partial charge >= 0.3 is 6.09 Å². The quantitative estimate of drug-likeness (QED) is 0.709. The van der Waals surface area contributed by atoms with Crippen LogP contribution in [0.5, 0.6) is 0 Å². The van der Waals surface area contributed by atoms with Gasteiger partial charge in [-0.05, 0) is 64.2 Å². The molecule has 168 valence electrons. The maximum Gasteiger partial charge on any atom is 0.414 e. The topological polar surface area (TPSA) is 110 Å². The Morgan fingerprint density at radius 3 is 2.45 bits per heavy atom. The standard InChI is InChI=1S/C23H34N6O2/c1-21(2,3)31-20(30)28-14-22(4,5)16-10-9-15(13-17(16)28)29-19(25)26-18(24)27-23(29)11-7-6-8-12-23/h9-10,13H,6-8,11-12,14H2,1-5H3,(H4,24,25,26,27). The summed E-state index contributed by atoms with van der Waals surface area (Å²) in [6, 6.07) is 6.15. The van der Waals surface area contributed by atoms with Crippen molar-refractivity contribution in [3.8, 4) is 0 Å². The Balaban J connectivity index is 1.77. The van der Waals surface area contributed by atoms with Crippen LogP contribution in [0.25, 0.3) is 0 Å². The molecule has 0 atom stereocenters.